The average Bonchev–Trinajstić information content (AvgIpc) is 2.61. The molecule has 0 spiro atoms. The third-order valence-corrected chi connectivity index (χ3v) is 3.11. The van der Waals surface area contributed by atoms with Crippen LogP contribution in [0.4, 0.5) is 4.79 Å². The molecule has 0 unspecified atom stereocenters. The summed E-state index contributed by atoms with van der Waals surface area (Å²) >= 11 is 0. The molecule has 1 amide bonds. The first-order chi connectivity index (χ1) is 11.6. The molecule has 0 heterocycles. The van der Waals surface area contributed by atoms with Gasteiger partial charge in [-0.2, -0.15) is 0 Å². The topological polar surface area (TPSA) is 84.9 Å². The Hall–Kier alpha value is -3.28. The van der Waals surface area contributed by atoms with Gasteiger partial charge in [0, 0.05) is 0 Å². The van der Waals surface area contributed by atoms with Gasteiger partial charge in [0.1, 0.15) is 18.1 Å². The van der Waals surface area contributed by atoms with Crippen molar-refractivity contribution in [3.8, 4) is 5.75 Å². The van der Waals surface area contributed by atoms with Crippen molar-refractivity contribution in [1.82, 2.24) is 5.32 Å². The number of carboxylic acids is 1. The van der Waals surface area contributed by atoms with Gasteiger partial charge in [0.2, 0.25) is 0 Å². The molecule has 6 nitrogen and oxygen atoms in total. The minimum atomic E-state index is -1.26. The van der Waals surface area contributed by atoms with Crippen LogP contribution < -0.4 is 10.1 Å². The van der Waals surface area contributed by atoms with Crippen molar-refractivity contribution >= 4 is 18.1 Å². The number of hydrogen-bond acceptors (Lipinski definition) is 4. The van der Waals surface area contributed by atoms with E-state index in [1.807, 2.05) is 18.2 Å². The molecule has 0 radical (unpaired) electrons. The second-order valence-corrected chi connectivity index (χ2v) is 4.82. The highest BCUT2D eigenvalue weighted by Crippen LogP contribution is 2.13. The van der Waals surface area contributed by atoms with Crippen molar-refractivity contribution in [2.24, 2.45) is 0 Å². The lowest BCUT2D eigenvalue weighted by Crippen LogP contribution is -2.27. The van der Waals surface area contributed by atoms with E-state index >= 15 is 0 Å². The van der Waals surface area contributed by atoms with Gasteiger partial charge in [-0.3, -0.25) is 5.32 Å². The van der Waals surface area contributed by atoms with Crippen molar-refractivity contribution in [3.63, 3.8) is 0 Å². The number of carbonyl (C=O) groups is 2. The van der Waals surface area contributed by atoms with E-state index in [4.69, 9.17) is 9.47 Å². The van der Waals surface area contributed by atoms with Gasteiger partial charge >= 0.3 is 12.1 Å². The van der Waals surface area contributed by atoms with E-state index in [9.17, 15) is 14.7 Å². The number of benzene rings is 2. The highest BCUT2D eigenvalue weighted by atomic mass is 16.5. The van der Waals surface area contributed by atoms with Gasteiger partial charge in [0.15, 0.2) is 0 Å². The fraction of sp³-hybridized carbons (Fsp3) is 0.111. The van der Waals surface area contributed by atoms with Gasteiger partial charge in [-0.25, -0.2) is 9.59 Å². The molecule has 0 fully saturated rings. The van der Waals surface area contributed by atoms with Crippen molar-refractivity contribution < 1.29 is 24.2 Å². The van der Waals surface area contributed by atoms with Gasteiger partial charge in [0.05, 0.1) is 7.11 Å². The Morgan fingerprint density at radius 2 is 1.75 bits per heavy atom. The molecule has 24 heavy (non-hydrogen) atoms. The number of ether oxygens (including phenoxy) is 2. The zero-order valence-electron chi connectivity index (χ0n) is 13.1. The SMILES string of the molecule is COc1ccc(/C=C(/NC(=O)OCc2ccccc2)C(=O)O)cc1. The number of methoxy groups -OCH3 is 1. The number of carboxylic acid groups (broad SMARTS) is 1. The lowest BCUT2D eigenvalue weighted by atomic mass is 10.2. The Kier molecular flexibility index (Phi) is 5.96. The van der Waals surface area contributed by atoms with Crippen LogP contribution in [-0.4, -0.2) is 24.3 Å². The highest BCUT2D eigenvalue weighted by Gasteiger charge is 2.12. The Bertz CT molecular complexity index is 723. The molecule has 0 aliphatic carbocycles. The maximum Gasteiger partial charge on any atom is 0.412 e. The number of rotatable bonds is 6. The first-order valence-corrected chi connectivity index (χ1v) is 7.15. The van der Waals surface area contributed by atoms with Crippen molar-refractivity contribution in [3.05, 3.63) is 71.4 Å². The van der Waals surface area contributed by atoms with E-state index in [1.54, 1.807) is 36.4 Å². The monoisotopic (exact) mass is 327 g/mol. The lowest BCUT2D eigenvalue weighted by molar-refractivity contribution is -0.132. The van der Waals surface area contributed by atoms with Crippen LogP contribution in [-0.2, 0) is 16.1 Å². The van der Waals surface area contributed by atoms with Crippen molar-refractivity contribution in [2.45, 2.75) is 6.61 Å². The van der Waals surface area contributed by atoms with E-state index < -0.39 is 12.1 Å². The number of hydrogen-bond donors (Lipinski definition) is 2. The first kappa shape index (κ1) is 17.1. The summed E-state index contributed by atoms with van der Waals surface area (Å²) in [6.07, 6.45) is 0.506. The van der Waals surface area contributed by atoms with Crippen LogP contribution in [0.15, 0.2) is 60.3 Å². The number of nitrogens with one attached hydrogen (secondary N) is 1. The summed E-state index contributed by atoms with van der Waals surface area (Å²) in [4.78, 5) is 23.0. The summed E-state index contributed by atoms with van der Waals surface area (Å²) in [6.45, 7) is 0.0576. The van der Waals surface area contributed by atoms with Crippen LogP contribution >= 0.6 is 0 Å². The normalized spacial score (nSPS) is 10.8. The van der Waals surface area contributed by atoms with Gasteiger partial charge in [-0.15, -0.1) is 0 Å². The second kappa shape index (κ2) is 8.38. The minimum Gasteiger partial charge on any atom is -0.497 e. The molecule has 6 heteroatoms. The summed E-state index contributed by atoms with van der Waals surface area (Å²) in [5.74, 6) is -0.610. The molecular formula is C18H17NO5. The van der Waals surface area contributed by atoms with Crippen molar-refractivity contribution in [2.75, 3.05) is 7.11 Å². The highest BCUT2D eigenvalue weighted by molar-refractivity contribution is 5.95. The Balaban J connectivity index is 2.00. The van der Waals surface area contributed by atoms with Crippen LogP contribution in [0.25, 0.3) is 6.08 Å². The molecule has 2 aromatic carbocycles. The van der Waals surface area contributed by atoms with E-state index in [1.165, 1.54) is 13.2 Å². The van der Waals surface area contributed by atoms with Crippen LogP contribution in [0.5, 0.6) is 5.75 Å². The maximum absolute atomic E-state index is 11.8. The lowest BCUT2D eigenvalue weighted by Gasteiger charge is -2.08. The van der Waals surface area contributed by atoms with E-state index in [0.717, 1.165) is 5.56 Å². The standard InChI is InChI=1S/C18H17NO5/c1-23-15-9-7-13(8-10-15)11-16(17(20)21)19-18(22)24-12-14-5-3-2-4-6-14/h2-11H,12H2,1H3,(H,19,22)(H,20,21)/b16-11+. The van der Waals surface area contributed by atoms with Gasteiger partial charge in [-0.05, 0) is 29.3 Å². The second-order valence-electron chi connectivity index (χ2n) is 4.82. The fourth-order valence-electron chi connectivity index (χ4n) is 1.89. The molecule has 124 valence electrons. The molecule has 0 atom stereocenters. The molecule has 0 saturated heterocycles. The van der Waals surface area contributed by atoms with E-state index in [2.05, 4.69) is 5.32 Å². The predicted molar refractivity (Wildman–Crippen MR) is 88.4 cm³/mol. The van der Waals surface area contributed by atoms with Crippen LogP contribution in [0, 0.1) is 0 Å². The molecule has 2 N–H and O–H groups in total. The van der Waals surface area contributed by atoms with E-state index in [-0.39, 0.29) is 12.3 Å². The van der Waals surface area contributed by atoms with E-state index in [0.29, 0.717) is 11.3 Å². The first-order valence-electron chi connectivity index (χ1n) is 7.15. The summed E-state index contributed by atoms with van der Waals surface area (Å²) in [5, 5.41) is 11.4. The maximum atomic E-state index is 11.8. The largest absolute Gasteiger partial charge is 0.497 e. The van der Waals surface area contributed by atoms with Gasteiger partial charge in [-0.1, -0.05) is 42.5 Å². The molecule has 2 rings (SSSR count). The average molecular weight is 327 g/mol. The number of alkyl carbamates (subject to hydrolysis) is 1. The zero-order chi connectivity index (χ0) is 17.4. The number of aliphatic carboxylic acids is 1. The Morgan fingerprint density at radius 3 is 2.33 bits per heavy atom. The Labute approximate surface area is 139 Å². The molecule has 2 aromatic rings. The fourth-order valence-corrected chi connectivity index (χ4v) is 1.89. The summed E-state index contributed by atoms with van der Waals surface area (Å²) in [5.41, 5.74) is 1.14. The van der Waals surface area contributed by atoms with Gasteiger partial charge < -0.3 is 14.6 Å². The molecule has 0 aromatic heterocycles. The zero-order valence-corrected chi connectivity index (χ0v) is 13.1. The minimum absolute atomic E-state index is 0.0576. The summed E-state index contributed by atoms with van der Waals surface area (Å²) in [6, 6.07) is 15.8. The third kappa shape index (κ3) is 5.17. The smallest absolute Gasteiger partial charge is 0.412 e. The van der Waals surface area contributed by atoms with Crippen LogP contribution in [0.2, 0.25) is 0 Å². The molecule has 0 aliphatic rings. The molecule has 0 bridgehead atoms. The summed E-state index contributed by atoms with van der Waals surface area (Å²) < 4.78 is 10.0. The van der Waals surface area contributed by atoms with Crippen molar-refractivity contribution in [1.29, 1.82) is 0 Å². The number of amides is 1. The molecule has 0 aliphatic heterocycles. The Morgan fingerprint density at radius 1 is 1.08 bits per heavy atom. The number of carbonyl (C=O) groups excluding carboxylic acids is 1. The predicted octanol–water partition coefficient (Wildman–Crippen LogP) is 3.05. The third-order valence-electron chi connectivity index (χ3n) is 3.11. The molecular weight excluding hydrogens is 310 g/mol. The van der Waals surface area contributed by atoms with Crippen LogP contribution in [0.1, 0.15) is 11.1 Å². The molecule has 0 saturated carbocycles. The van der Waals surface area contributed by atoms with Crippen LogP contribution in [0.3, 0.4) is 0 Å². The summed E-state index contributed by atoms with van der Waals surface area (Å²) in [7, 11) is 1.54. The quantitative estimate of drug-likeness (QED) is 0.797. The van der Waals surface area contributed by atoms with Gasteiger partial charge in [0.25, 0.3) is 0 Å².